The van der Waals surface area contributed by atoms with Gasteiger partial charge in [0.05, 0.1) is 13.2 Å². The molecule has 0 spiro atoms. The van der Waals surface area contributed by atoms with Crippen LogP contribution in [0.5, 0.6) is 0 Å². The molecule has 0 aliphatic rings. The number of allylic oxidation sites excluding steroid dienone is 8. The smallest absolute Gasteiger partial charge is 0.472 e. The largest absolute Gasteiger partial charge is 0.480 e. The molecule has 12 heteroatoms. The van der Waals surface area contributed by atoms with Crippen LogP contribution in [0.4, 0.5) is 0 Å². The highest BCUT2D eigenvalue weighted by atomic mass is 31.2. The molecular weight excluding hydrogens is 733 g/mol. The van der Waals surface area contributed by atoms with E-state index in [1.54, 1.807) is 0 Å². The van der Waals surface area contributed by atoms with E-state index in [1.165, 1.54) is 77.0 Å². The first-order chi connectivity index (χ1) is 27.1. The van der Waals surface area contributed by atoms with Crippen molar-refractivity contribution < 1.29 is 47.5 Å². The Morgan fingerprint density at radius 1 is 0.554 bits per heavy atom. The van der Waals surface area contributed by atoms with Gasteiger partial charge in [-0.1, -0.05) is 140 Å². The Labute approximate surface area is 339 Å². The van der Waals surface area contributed by atoms with Crippen LogP contribution < -0.4 is 5.73 Å². The predicted molar refractivity (Wildman–Crippen MR) is 226 cm³/mol. The second kappa shape index (κ2) is 39.3. The Kier molecular flexibility index (Phi) is 37.5. The molecule has 0 rings (SSSR count). The first kappa shape index (κ1) is 53.4. The third kappa shape index (κ3) is 38.3. The molecule has 0 aliphatic heterocycles. The van der Waals surface area contributed by atoms with Crippen molar-refractivity contribution in [1.82, 2.24) is 0 Å². The van der Waals surface area contributed by atoms with E-state index in [9.17, 15) is 23.8 Å². The number of ether oxygens (including phenoxy) is 2. The van der Waals surface area contributed by atoms with E-state index in [0.717, 1.165) is 64.2 Å². The summed E-state index contributed by atoms with van der Waals surface area (Å²) in [5, 5.41) is 8.88. The van der Waals surface area contributed by atoms with E-state index < -0.39 is 51.1 Å². The maximum Gasteiger partial charge on any atom is 0.472 e. The van der Waals surface area contributed by atoms with E-state index in [1.807, 2.05) is 0 Å². The standard InChI is InChI=1S/C44H78NO10P/c1-3-5-7-9-11-13-15-17-19-20-22-23-25-27-29-31-33-35-42(46)52-37-40(38-53-56(50,51)54-39-41(45)44(48)49)55-43(47)36-34-32-30-28-26-24-21-18-16-14-12-10-8-6-4-2/h11,13,17-19,21,26,28,40-41H,3-10,12,14-16,20,22-25,27,29-39,45H2,1-2H3,(H,48,49)(H,50,51)/b13-11+,19-17+,21-18+,28-26+/t40-,41+/m1/s1. The van der Waals surface area contributed by atoms with Crippen LogP contribution in [0.15, 0.2) is 48.6 Å². The Hall–Kier alpha value is -2.56. The molecule has 11 nitrogen and oxygen atoms in total. The number of rotatable bonds is 40. The van der Waals surface area contributed by atoms with Crippen molar-refractivity contribution in [3.63, 3.8) is 0 Å². The highest BCUT2D eigenvalue weighted by Gasteiger charge is 2.28. The summed E-state index contributed by atoms with van der Waals surface area (Å²) in [5.74, 6) is -2.43. The highest BCUT2D eigenvalue weighted by Crippen LogP contribution is 2.43. The minimum atomic E-state index is -4.73. The molecule has 0 aromatic rings. The minimum Gasteiger partial charge on any atom is -0.480 e. The average Bonchev–Trinajstić information content (AvgIpc) is 3.17. The fraction of sp³-hybridized carbons (Fsp3) is 0.750. The number of carboxylic acid groups (broad SMARTS) is 1. The van der Waals surface area contributed by atoms with Gasteiger partial charge in [0, 0.05) is 12.8 Å². The first-order valence-corrected chi connectivity index (χ1v) is 23.2. The quantitative estimate of drug-likeness (QED) is 0.0233. The summed E-state index contributed by atoms with van der Waals surface area (Å²) in [6, 6.07) is -1.53. The lowest BCUT2D eigenvalue weighted by Gasteiger charge is -2.20. The number of nitrogens with two attached hydrogens (primary N) is 1. The lowest BCUT2D eigenvalue weighted by atomic mass is 10.1. The monoisotopic (exact) mass is 812 g/mol. The minimum absolute atomic E-state index is 0.116. The second-order valence-corrected chi connectivity index (χ2v) is 15.9. The Bertz CT molecular complexity index is 1140. The average molecular weight is 812 g/mol. The van der Waals surface area contributed by atoms with E-state index in [2.05, 4.69) is 67.0 Å². The zero-order valence-electron chi connectivity index (χ0n) is 35.0. The van der Waals surface area contributed by atoms with Gasteiger partial charge in [0.1, 0.15) is 12.6 Å². The van der Waals surface area contributed by atoms with Gasteiger partial charge in [-0.3, -0.25) is 23.4 Å². The SMILES string of the molecule is CCCCC/C=C/C/C=C/CCCCCCCCCC(=O)OC[C@H](COP(=O)(O)OC[C@H](N)C(=O)O)OC(=O)CCCC/C=C/C/C=C/CCCCCCCC. The molecule has 0 radical (unpaired) electrons. The van der Waals surface area contributed by atoms with Crippen molar-refractivity contribution >= 4 is 25.7 Å². The van der Waals surface area contributed by atoms with Gasteiger partial charge in [0.15, 0.2) is 6.10 Å². The molecule has 1 unspecified atom stereocenters. The highest BCUT2D eigenvalue weighted by molar-refractivity contribution is 7.47. The van der Waals surface area contributed by atoms with Gasteiger partial charge in [0.2, 0.25) is 0 Å². The number of carbonyl (C=O) groups excluding carboxylic acids is 2. The predicted octanol–water partition coefficient (Wildman–Crippen LogP) is 11.4. The van der Waals surface area contributed by atoms with Crippen LogP contribution >= 0.6 is 7.82 Å². The van der Waals surface area contributed by atoms with Gasteiger partial charge in [-0.2, -0.15) is 0 Å². The number of phosphoric acid groups is 1. The molecule has 56 heavy (non-hydrogen) atoms. The summed E-state index contributed by atoms with van der Waals surface area (Å²) in [7, 11) is -4.73. The van der Waals surface area contributed by atoms with Gasteiger partial charge in [-0.25, -0.2) is 4.57 Å². The molecule has 0 saturated carbocycles. The summed E-state index contributed by atoms with van der Waals surface area (Å²) < 4.78 is 32.6. The molecule has 0 bridgehead atoms. The van der Waals surface area contributed by atoms with Crippen molar-refractivity contribution in [2.45, 2.75) is 193 Å². The van der Waals surface area contributed by atoms with Crippen molar-refractivity contribution in [2.24, 2.45) is 5.73 Å². The van der Waals surface area contributed by atoms with Crippen molar-refractivity contribution in [3.05, 3.63) is 48.6 Å². The van der Waals surface area contributed by atoms with E-state index in [4.69, 9.17) is 24.8 Å². The number of aliphatic carboxylic acids is 1. The van der Waals surface area contributed by atoms with Crippen molar-refractivity contribution in [3.8, 4) is 0 Å². The zero-order valence-corrected chi connectivity index (χ0v) is 35.9. The van der Waals surface area contributed by atoms with E-state index in [0.29, 0.717) is 12.8 Å². The second-order valence-electron chi connectivity index (χ2n) is 14.5. The lowest BCUT2D eigenvalue weighted by Crippen LogP contribution is -2.34. The fourth-order valence-electron chi connectivity index (χ4n) is 5.59. The number of hydrogen-bond donors (Lipinski definition) is 3. The molecule has 0 fully saturated rings. The maximum atomic E-state index is 12.6. The molecule has 0 aromatic heterocycles. The van der Waals surface area contributed by atoms with Gasteiger partial charge in [0.25, 0.3) is 0 Å². The molecule has 4 N–H and O–H groups in total. The molecule has 3 atom stereocenters. The number of carboxylic acids is 1. The Morgan fingerprint density at radius 2 is 0.946 bits per heavy atom. The van der Waals surface area contributed by atoms with Gasteiger partial charge in [-0.05, 0) is 77.0 Å². The normalized spacial score (nSPS) is 14.2. The summed E-state index contributed by atoms with van der Waals surface area (Å²) >= 11 is 0. The lowest BCUT2D eigenvalue weighted by molar-refractivity contribution is -0.161. The van der Waals surface area contributed by atoms with Crippen LogP contribution in [0, 0.1) is 0 Å². The molecule has 0 heterocycles. The molecule has 0 saturated heterocycles. The van der Waals surface area contributed by atoms with Crippen LogP contribution in [0.25, 0.3) is 0 Å². The molecule has 324 valence electrons. The third-order valence-electron chi connectivity index (χ3n) is 9.05. The molecule has 0 amide bonds. The summed E-state index contributed by atoms with van der Waals surface area (Å²) in [6.45, 7) is 2.72. The summed E-state index contributed by atoms with van der Waals surface area (Å²) in [6.07, 6.45) is 43.2. The Morgan fingerprint density at radius 3 is 1.46 bits per heavy atom. The topological polar surface area (TPSA) is 172 Å². The molecular formula is C44H78NO10P. The molecule has 0 aromatic carbocycles. The number of phosphoric ester groups is 1. The fourth-order valence-corrected chi connectivity index (χ4v) is 6.37. The number of carbonyl (C=O) groups is 3. The van der Waals surface area contributed by atoms with Crippen LogP contribution in [0.2, 0.25) is 0 Å². The number of hydrogen-bond acceptors (Lipinski definition) is 9. The third-order valence-corrected chi connectivity index (χ3v) is 10.0. The van der Waals surface area contributed by atoms with Crippen molar-refractivity contribution in [2.75, 3.05) is 19.8 Å². The maximum absolute atomic E-state index is 12.6. The van der Waals surface area contributed by atoms with Gasteiger partial charge < -0.3 is 25.2 Å². The summed E-state index contributed by atoms with van der Waals surface area (Å²) in [5.41, 5.74) is 5.33. The van der Waals surface area contributed by atoms with Crippen LogP contribution in [-0.2, 0) is 37.5 Å². The zero-order chi connectivity index (χ0) is 41.4. The summed E-state index contributed by atoms with van der Waals surface area (Å²) in [4.78, 5) is 45.9. The van der Waals surface area contributed by atoms with Gasteiger partial charge in [-0.15, -0.1) is 0 Å². The number of esters is 2. The van der Waals surface area contributed by atoms with E-state index >= 15 is 0 Å². The van der Waals surface area contributed by atoms with Crippen molar-refractivity contribution in [1.29, 1.82) is 0 Å². The first-order valence-electron chi connectivity index (χ1n) is 21.7. The van der Waals surface area contributed by atoms with Crippen LogP contribution in [-0.4, -0.2) is 59.9 Å². The van der Waals surface area contributed by atoms with Crippen LogP contribution in [0.1, 0.15) is 181 Å². The van der Waals surface area contributed by atoms with E-state index in [-0.39, 0.29) is 19.4 Å². The van der Waals surface area contributed by atoms with Gasteiger partial charge >= 0.3 is 25.7 Å². The van der Waals surface area contributed by atoms with Crippen LogP contribution in [0.3, 0.4) is 0 Å². The number of unbranched alkanes of at least 4 members (excludes halogenated alkanes) is 18. The Balaban J connectivity index is 4.43. The molecule has 0 aliphatic carbocycles.